The van der Waals surface area contributed by atoms with Gasteiger partial charge in [-0.15, -0.1) is 0 Å². The molecule has 1 atom stereocenters. The highest BCUT2D eigenvalue weighted by Crippen LogP contribution is 2.22. The number of rotatable bonds is 19. The number of aliphatic hydroxyl groups excluding tert-OH is 1. The standard InChI is InChI=1S/C29H49N2O/c1-2-3-4-5-6-7-8-9-10-11-12-13-14-15-19-22-29-30-23-24-31(29,25-26-32)27-28-20-17-16-18-21-28/h15-21,32H,2-14,22-27H2,1H3/q+1/b19-15+. The van der Waals surface area contributed by atoms with Crippen LogP contribution in [0.5, 0.6) is 0 Å². The summed E-state index contributed by atoms with van der Waals surface area (Å²) in [6.45, 7) is 6.10. The maximum absolute atomic E-state index is 9.70. The quantitative estimate of drug-likeness (QED) is 0.135. The van der Waals surface area contributed by atoms with Crippen LogP contribution in [0.4, 0.5) is 0 Å². The Bertz CT molecular complexity index is 640. The Morgan fingerprint density at radius 2 is 1.47 bits per heavy atom. The van der Waals surface area contributed by atoms with Crippen molar-refractivity contribution in [1.82, 2.24) is 0 Å². The van der Waals surface area contributed by atoms with Crippen molar-refractivity contribution in [3.8, 4) is 0 Å². The largest absolute Gasteiger partial charge is 0.390 e. The summed E-state index contributed by atoms with van der Waals surface area (Å²) in [6.07, 6.45) is 23.6. The average molecular weight is 442 g/mol. The Labute approximate surface area is 198 Å². The normalized spacial score (nSPS) is 18.5. The molecule has 0 bridgehead atoms. The number of unbranched alkanes of at least 4 members (excludes halogenated alkanes) is 12. The van der Waals surface area contributed by atoms with Crippen LogP contribution in [0.25, 0.3) is 0 Å². The highest BCUT2D eigenvalue weighted by molar-refractivity contribution is 5.78. The number of allylic oxidation sites excluding steroid dienone is 1. The molecule has 1 N–H and O–H groups in total. The third-order valence-corrected chi connectivity index (χ3v) is 6.92. The van der Waals surface area contributed by atoms with Gasteiger partial charge < -0.3 is 5.11 Å². The molecule has 0 radical (unpaired) electrons. The molecular weight excluding hydrogens is 392 g/mol. The Hall–Kier alpha value is -1.45. The van der Waals surface area contributed by atoms with Gasteiger partial charge in [0.1, 0.15) is 19.6 Å². The maximum atomic E-state index is 9.70. The SMILES string of the molecule is CCCCCCCCCCCCCC/C=C/CC1=NCC[N+]1(CCO)Cc1ccccc1. The number of benzene rings is 1. The van der Waals surface area contributed by atoms with E-state index in [4.69, 9.17) is 4.99 Å². The summed E-state index contributed by atoms with van der Waals surface area (Å²) in [5.41, 5.74) is 1.33. The smallest absolute Gasteiger partial charge is 0.202 e. The van der Waals surface area contributed by atoms with E-state index in [0.717, 1.165) is 37.1 Å². The summed E-state index contributed by atoms with van der Waals surface area (Å²) in [7, 11) is 0. The molecule has 1 heterocycles. The van der Waals surface area contributed by atoms with E-state index in [1.807, 2.05) is 0 Å². The molecule has 0 saturated carbocycles. The third-order valence-electron chi connectivity index (χ3n) is 6.92. The van der Waals surface area contributed by atoms with Crippen LogP contribution in [0.15, 0.2) is 47.5 Å². The minimum absolute atomic E-state index is 0.217. The van der Waals surface area contributed by atoms with Gasteiger partial charge in [0.05, 0.1) is 19.6 Å². The van der Waals surface area contributed by atoms with Gasteiger partial charge in [-0.2, -0.15) is 0 Å². The molecule has 3 nitrogen and oxygen atoms in total. The van der Waals surface area contributed by atoms with Gasteiger partial charge in [-0.1, -0.05) is 120 Å². The first-order chi connectivity index (χ1) is 15.8. The Kier molecular flexibility index (Phi) is 14.3. The number of aliphatic imine (C=N–C) groups is 1. The average Bonchev–Trinajstić information content (AvgIpc) is 3.19. The van der Waals surface area contributed by atoms with Crippen molar-refractivity contribution in [2.45, 2.75) is 103 Å². The lowest BCUT2D eigenvalue weighted by Crippen LogP contribution is -2.51. The second-order valence-electron chi connectivity index (χ2n) is 9.61. The summed E-state index contributed by atoms with van der Waals surface area (Å²) >= 11 is 0. The molecule has 2 rings (SSSR count). The predicted octanol–water partition coefficient (Wildman–Crippen LogP) is 7.45. The number of hydrogen-bond acceptors (Lipinski definition) is 2. The first-order valence-electron chi connectivity index (χ1n) is 13.5. The Morgan fingerprint density at radius 1 is 0.844 bits per heavy atom. The zero-order valence-corrected chi connectivity index (χ0v) is 20.8. The van der Waals surface area contributed by atoms with Crippen molar-refractivity contribution < 1.29 is 9.59 Å². The maximum Gasteiger partial charge on any atom is 0.202 e. The van der Waals surface area contributed by atoms with Gasteiger partial charge in [-0.25, -0.2) is 4.99 Å². The van der Waals surface area contributed by atoms with Crippen LogP contribution in [0.3, 0.4) is 0 Å². The van der Waals surface area contributed by atoms with Crippen LogP contribution in [-0.2, 0) is 6.54 Å². The Morgan fingerprint density at radius 3 is 2.09 bits per heavy atom. The van der Waals surface area contributed by atoms with Crippen LogP contribution < -0.4 is 0 Å². The van der Waals surface area contributed by atoms with Gasteiger partial charge in [-0.3, -0.25) is 4.48 Å². The molecule has 0 aromatic heterocycles. The topological polar surface area (TPSA) is 32.6 Å². The van der Waals surface area contributed by atoms with E-state index in [-0.39, 0.29) is 6.61 Å². The van der Waals surface area contributed by atoms with E-state index in [2.05, 4.69) is 49.4 Å². The second kappa shape index (κ2) is 17.1. The fourth-order valence-electron chi connectivity index (χ4n) is 4.93. The number of quaternary nitrogens is 1. The molecule has 1 aromatic rings. The summed E-state index contributed by atoms with van der Waals surface area (Å²) < 4.78 is 0.823. The van der Waals surface area contributed by atoms with Crippen LogP contribution >= 0.6 is 0 Å². The first kappa shape index (κ1) is 26.8. The molecule has 0 fully saturated rings. The van der Waals surface area contributed by atoms with Crippen molar-refractivity contribution in [1.29, 1.82) is 0 Å². The molecule has 0 spiro atoms. The van der Waals surface area contributed by atoms with Gasteiger partial charge in [0.25, 0.3) is 0 Å². The second-order valence-corrected chi connectivity index (χ2v) is 9.61. The lowest BCUT2D eigenvalue weighted by Gasteiger charge is -2.34. The van der Waals surface area contributed by atoms with E-state index >= 15 is 0 Å². The van der Waals surface area contributed by atoms with Gasteiger partial charge >= 0.3 is 0 Å². The van der Waals surface area contributed by atoms with Crippen molar-refractivity contribution in [2.75, 3.05) is 26.2 Å². The zero-order valence-electron chi connectivity index (χ0n) is 20.8. The van der Waals surface area contributed by atoms with Gasteiger partial charge in [0.2, 0.25) is 5.84 Å². The minimum atomic E-state index is 0.217. The summed E-state index contributed by atoms with van der Waals surface area (Å²) in [4.78, 5) is 4.83. The number of aliphatic hydroxyl groups is 1. The molecule has 1 aliphatic rings. The number of hydrogen-bond donors (Lipinski definition) is 1. The van der Waals surface area contributed by atoms with E-state index in [1.165, 1.54) is 94.9 Å². The predicted molar refractivity (Wildman–Crippen MR) is 139 cm³/mol. The van der Waals surface area contributed by atoms with E-state index in [9.17, 15) is 5.11 Å². The third kappa shape index (κ3) is 10.4. The highest BCUT2D eigenvalue weighted by atomic mass is 16.3. The van der Waals surface area contributed by atoms with E-state index in [0.29, 0.717) is 0 Å². The van der Waals surface area contributed by atoms with Gasteiger partial charge in [0, 0.05) is 5.56 Å². The van der Waals surface area contributed by atoms with Crippen LogP contribution in [0.2, 0.25) is 0 Å². The van der Waals surface area contributed by atoms with E-state index < -0.39 is 0 Å². The Balaban J connectivity index is 1.56. The summed E-state index contributed by atoms with van der Waals surface area (Å²) in [5.74, 6) is 1.24. The van der Waals surface area contributed by atoms with Crippen LogP contribution in [0.1, 0.15) is 102 Å². The molecule has 1 aliphatic heterocycles. The molecule has 0 amide bonds. The molecule has 0 saturated heterocycles. The van der Waals surface area contributed by atoms with E-state index in [1.54, 1.807) is 0 Å². The molecular formula is C29H49N2O+. The fourth-order valence-corrected chi connectivity index (χ4v) is 4.93. The van der Waals surface area contributed by atoms with Crippen molar-refractivity contribution in [2.24, 2.45) is 4.99 Å². The van der Waals surface area contributed by atoms with Crippen molar-refractivity contribution in [3.05, 3.63) is 48.0 Å². The lowest BCUT2D eigenvalue weighted by molar-refractivity contribution is -0.850. The molecule has 0 aliphatic carbocycles. The summed E-state index contributed by atoms with van der Waals surface area (Å²) in [5, 5.41) is 9.70. The molecule has 1 unspecified atom stereocenters. The molecule has 180 valence electrons. The lowest BCUT2D eigenvalue weighted by atomic mass is 10.0. The van der Waals surface area contributed by atoms with Crippen LogP contribution in [-0.4, -0.2) is 41.7 Å². The van der Waals surface area contributed by atoms with Crippen LogP contribution in [0, 0.1) is 0 Å². The number of nitrogens with zero attached hydrogens (tertiary/aromatic N) is 2. The number of amidine groups is 1. The minimum Gasteiger partial charge on any atom is -0.390 e. The van der Waals surface area contributed by atoms with Gasteiger partial charge in [0.15, 0.2) is 0 Å². The molecule has 32 heavy (non-hydrogen) atoms. The van der Waals surface area contributed by atoms with Crippen molar-refractivity contribution >= 4 is 5.84 Å². The van der Waals surface area contributed by atoms with Gasteiger partial charge in [-0.05, 0) is 12.8 Å². The fraction of sp³-hybridized carbons (Fsp3) is 0.690. The zero-order chi connectivity index (χ0) is 22.7. The summed E-state index contributed by atoms with van der Waals surface area (Å²) in [6, 6.07) is 10.7. The highest BCUT2D eigenvalue weighted by Gasteiger charge is 2.37. The molecule has 3 heteroatoms. The molecule has 1 aromatic carbocycles. The van der Waals surface area contributed by atoms with Crippen molar-refractivity contribution in [3.63, 3.8) is 0 Å². The monoisotopic (exact) mass is 441 g/mol. The first-order valence-corrected chi connectivity index (χ1v) is 13.5.